The molecule has 0 N–H and O–H groups in total. The molecule has 2 atom stereocenters. The number of ether oxygens (including phenoxy) is 1. The van der Waals surface area contributed by atoms with E-state index >= 15 is 0 Å². The molecule has 0 bridgehead atoms. The van der Waals surface area contributed by atoms with E-state index in [0.717, 1.165) is 5.57 Å². The average molecular weight is 256 g/mol. The predicted octanol–water partition coefficient (Wildman–Crippen LogP) is 4.05. The van der Waals surface area contributed by atoms with E-state index in [4.69, 9.17) is 4.74 Å². The van der Waals surface area contributed by atoms with Crippen molar-refractivity contribution in [3.63, 3.8) is 0 Å². The van der Waals surface area contributed by atoms with E-state index in [1.807, 2.05) is 13.8 Å². The molecule has 18 heavy (non-hydrogen) atoms. The van der Waals surface area contributed by atoms with Crippen molar-refractivity contribution >= 4 is 5.97 Å². The summed E-state index contributed by atoms with van der Waals surface area (Å²) in [5.41, 5.74) is -3.14. The van der Waals surface area contributed by atoms with E-state index in [-0.39, 0.29) is 0 Å². The molecule has 0 aromatic heterocycles. The molecule has 1 aliphatic rings. The second-order valence-corrected chi connectivity index (χ2v) is 7.16. The Morgan fingerprint density at radius 1 is 1.17 bits per heavy atom. The first-order chi connectivity index (χ1) is 7.79. The van der Waals surface area contributed by atoms with Crippen molar-refractivity contribution in [2.45, 2.75) is 66.7 Å². The number of carbonyl (C=O) groups excluding carboxylic acids is 1. The van der Waals surface area contributed by atoms with Gasteiger partial charge in [-0.05, 0) is 41.5 Å². The van der Waals surface area contributed by atoms with Gasteiger partial charge in [-0.2, -0.15) is 0 Å². The highest BCUT2D eigenvalue weighted by molar-refractivity contribution is 5.88. The molecule has 0 aromatic rings. The van der Waals surface area contributed by atoms with E-state index < -0.39 is 28.1 Å². The lowest BCUT2D eigenvalue weighted by Crippen LogP contribution is -2.33. The van der Waals surface area contributed by atoms with Gasteiger partial charge in [0, 0.05) is 5.41 Å². The normalized spacial score (nSPS) is 33.8. The predicted molar refractivity (Wildman–Crippen MR) is 71.0 cm³/mol. The van der Waals surface area contributed by atoms with Crippen LogP contribution in [0, 0.1) is 10.8 Å². The van der Waals surface area contributed by atoms with Gasteiger partial charge >= 0.3 is 5.97 Å². The van der Waals surface area contributed by atoms with Crippen LogP contribution >= 0.6 is 0 Å². The number of hydrogen-bond acceptors (Lipinski definition) is 2. The van der Waals surface area contributed by atoms with Crippen molar-refractivity contribution in [1.82, 2.24) is 0 Å². The number of alkyl halides is 1. The van der Waals surface area contributed by atoms with Gasteiger partial charge in [0.2, 0.25) is 0 Å². The van der Waals surface area contributed by atoms with E-state index in [2.05, 4.69) is 0 Å². The first-order valence-corrected chi connectivity index (χ1v) is 6.38. The molecule has 2 nitrogen and oxygen atoms in total. The van der Waals surface area contributed by atoms with Gasteiger partial charge in [-0.3, -0.25) is 4.79 Å². The maximum atomic E-state index is 14.7. The van der Waals surface area contributed by atoms with Crippen molar-refractivity contribution in [1.29, 1.82) is 0 Å². The Bertz CT molecular complexity index is 379. The molecule has 0 amide bonds. The molecule has 1 unspecified atom stereocenters. The molecule has 1 rings (SSSR count). The zero-order valence-electron chi connectivity index (χ0n) is 12.8. The Morgan fingerprint density at radius 3 is 1.78 bits per heavy atom. The number of rotatable bonds is 2. The summed E-state index contributed by atoms with van der Waals surface area (Å²) in [5, 5.41) is 0. The summed E-state index contributed by atoms with van der Waals surface area (Å²) in [7, 11) is 0. The molecule has 1 fully saturated rings. The number of halogens is 1. The van der Waals surface area contributed by atoms with E-state index in [1.54, 1.807) is 40.7 Å². The molecule has 0 aromatic carbocycles. The van der Waals surface area contributed by atoms with Gasteiger partial charge in [-0.1, -0.05) is 25.5 Å². The van der Waals surface area contributed by atoms with Crippen molar-refractivity contribution in [3.05, 3.63) is 11.6 Å². The van der Waals surface area contributed by atoms with E-state index in [9.17, 15) is 9.18 Å². The molecule has 0 spiro atoms. The van der Waals surface area contributed by atoms with Gasteiger partial charge in [-0.15, -0.1) is 0 Å². The monoisotopic (exact) mass is 256 g/mol. The summed E-state index contributed by atoms with van der Waals surface area (Å²) in [5.74, 6) is -0.466. The van der Waals surface area contributed by atoms with Crippen LogP contribution in [0.2, 0.25) is 0 Å². The van der Waals surface area contributed by atoms with Gasteiger partial charge in [0.15, 0.2) is 0 Å². The van der Waals surface area contributed by atoms with Gasteiger partial charge in [0.1, 0.15) is 16.7 Å². The minimum atomic E-state index is -1.57. The zero-order chi connectivity index (χ0) is 14.6. The number of allylic oxidation sites excluding steroid dienone is 1. The first-order valence-electron chi connectivity index (χ1n) is 6.38. The number of esters is 1. The smallest absolute Gasteiger partial charge is 0.320 e. The van der Waals surface area contributed by atoms with Crippen LogP contribution in [0.3, 0.4) is 0 Å². The first kappa shape index (κ1) is 15.2. The van der Waals surface area contributed by atoms with Gasteiger partial charge in [0.05, 0.1) is 0 Å². The van der Waals surface area contributed by atoms with E-state index in [0.29, 0.717) is 0 Å². The molecule has 1 aliphatic carbocycles. The molecular formula is C15H25FO2. The van der Waals surface area contributed by atoms with E-state index in [1.165, 1.54) is 6.92 Å². The fourth-order valence-corrected chi connectivity index (χ4v) is 2.69. The van der Waals surface area contributed by atoms with Crippen LogP contribution in [0.4, 0.5) is 4.39 Å². The van der Waals surface area contributed by atoms with Crippen LogP contribution in [0.1, 0.15) is 55.4 Å². The fraction of sp³-hybridized carbons (Fsp3) is 0.800. The second-order valence-electron chi connectivity index (χ2n) is 7.16. The molecule has 3 heteroatoms. The van der Waals surface area contributed by atoms with Gasteiger partial charge in [-0.25, -0.2) is 4.39 Å². The van der Waals surface area contributed by atoms with Crippen LogP contribution in [-0.2, 0) is 9.53 Å². The standard InChI is InChI=1S/C15H25FO2/c1-10(2)9-15(11(17)18-12(3,4)5)13(6,7)14(15,8)16/h9H,1-8H3/t14-,15?/m0/s1. The lowest BCUT2D eigenvalue weighted by molar-refractivity contribution is -0.162. The Balaban J connectivity index is 3.21. The quantitative estimate of drug-likeness (QED) is 0.550. The zero-order valence-corrected chi connectivity index (χ0v) is 12.8. The minimum Gasteiger partial charge on any atom is -0.459 e. The maximum Gasteiger partial charge on any atom is 0.320 e. The third-order valence-corrected chi connectivity index (χ3v) is 4.06. The Labute approximate surface area is 110 Å². The van der Waals surface area contributed by atoms with Crippen LogP contribution < -0.4 is 0 Å². The van der Waals surface area contributed by atoms with Crippen molar-refractivity contribution in [2.75, 3.05) is 0 Å². The highest BCUT2D eigenvalue weighted by Gasteiger charge is 2.85. The van der Waals surface area contributed by atoms with Crippen LogP contribution in [0.5, 0.6) is 0 Å². The summed E-state index contributed by atoms with van der Waals surface area (Å²) in [6.45, 7) is 14.2. The Kier molecular flexibility index (Phi) is 3.22. The van der Waals surface area contributed by atoms with Crippen molar-refractivity contribution < 1.29 is 13.9 Å². The molecule has 104 valence electrons. The molecule has 0 radical (unpaired) electrons. The molecule has 0 heterocycles. The topological polar surface area (TPSA) is 26.3 Å². The molecular weight excluding hydrogens is 231 g/mol. The van der Waals surface area contributed by atoms with Gasteiger partial charge < -0.3 is 4.74 Å². The largest absolute Gasteiger partial charge is 0.459 e. The summed E-state index contributed by atoms with van der Waals surface area (Å²) in [6, 6.07) is 0. The van der Waals surface area contributed by atoms with Crippen LogP contribution in [-0.4, -0.2) is 17.2 Å². The lowest BCUT2D eigenvalue weighted by Gasteiger charge is -2.24. The second kappa shape index (κ2) is 3.82. The van der Waals surface area contributed by atoms with Crippen molar-refractivity contribution in [3.8, 4) is 0 Å². The number of hydrogen-bond donors (Lipinski definition) is 0. The fourth-order valence-electron chi connectivity index (χ4n) is 2.69. The Morgan fingerprint density at radius 2 is 1.56 bits per heavy atom. The SMILES string of the molecule is CC(C)=CC1(C(=O)OC(C)(C)C)C(C)(C)[C@]1(C)F. The summed E-state index contributed by atoms with van der Waals surface area (Å²) in [4.78, 5) is 12.4. The van der Waals surface area contributed by atoms with Crippen LogP contribution in [0.25, 0.3) is 0 Å². The summed E-state index contributed by atoms with van der Waals surface area (Å²) < 4.78 is 20.2. The summed E-state index contributed by atoms with van der Waals surface area (Å²) >= 11 is 0. The molecule has 1 saturated carbocycles. The highest BCUT2D eigenvalue weighted by Crippen LogP contribution is 2.75. The average Bonchev–Trinajstić information content (AvgIpc) is 2.40. The summed E-state index contributed by atoms with van der Waals surface area (Å²) in [6.07, 6.45) is 1.72. The highest BCUT2D eigenvalue weighted by atomic mass is 19.1. The maximum absolute atomic E-state index is 14.7. The Hall–Kier alpha value is -0.860. The minimum absolute atomic E-state index is 0.466. The third-order valence-electron chi connectivity index (χ3n) is 4.06. The molecule has 0 aliphatic heterocycles. The molecule has 0 saturated heterocycles. The lowest BCUT2D eigenvalue weighted by atomic mass is 9.93. The van der Waals surface area contributed by atoms with Crippen molar-refractivity contribution in [2.24, 2.45) is 10.8 Å². The number of carbonyl (C=O) groups is 1. The third kappa shape index (κ3) is 1.88. The van der Waals surface area contributed by atoms with Crippen LogP contribution in [0.15, 0.2) is 11.6 Å². The van der Waals surface area contributed by atoms with Gasteiger partial charge in [0.25, 0.3) is 0 Å².